The minimum absolute atomic E-state index is 0.428. The first-order chi connectivity index (χ1) is 61.6. The maximum Gasteiger partial charge on any atom is 0.252 e. The molecule has 124 heavy (non-hydrogen) atoms. The van der Waals surface area contributed by atoms with Gasteiger partial charge in [0.25, 0.3) is 6.71 Å². The first-order valence-electron chi connectivity index (χ1n) is 42.3. The third-order valence-electron chi connectivity index (χ3n) is 23.4. The Balaban J connectivity index is 0.865. The summed E-state index contributed by atoms with van der Waals surface area (Å²) in [5.41, 5.74) is 31.1. The van der Waals surface area contributed by atoms with Gasteiger partial charge in [-0.25, -0.2) is 0 Å². The lowest BCUT2D eigenvalue weighted by Crippen LogP contribution is -2.61. The van der Waals surface area contributed by atoms with Crippen LogP contribution in [0.4, 0.5) is 154 Å². The lowest BCUT2D eigenvalue weighted by atomic mass is 9.33. The van der Waals surface area contributed by atoms with Crippen LogP contribution in [0.1, 0.15) is 0 Å². The highest BCUT2D eigenvalue weighted by atomic mass is 15.3. The third-order valence-corrected chi connectivity index (χ3v) is 23.4. The van der Waals surface area contributed by atoms with Gasteiger partial charge in [0.2, 0.25) is 0 Å². The van der Waals surface area contributed by atoms with Crippen LogP contribution in [0.2, 0.25) is 0 Å². The van der Waals surface area contributed by atoms with E-state index in [1.165, 1.54) is 0 Å². The van der Waals surface area contributed by atoms with Crippen molar-refractivity contribution in [1.82, 2.24) is 0 Å². The number of hydrogen-bond acceptors (Lipinski definition) is 9. The molecular formula is C114H84BN9. The Bertz CT molecular complexity index is 6370. The second-order valence-electron chi connectivity index (χ2n) is 30.9. The van der Waals surface area contributed by atoms with Gasteiger partial charge in [-0.05, 0) is 308 Å². The average Bonchev–Trinajstić information content (AvgIpc) is 0.687. The van der Waals surface area contributed by atoms with E-state index in [-0.39, 0.29) is 0 Å². The zero-order valence-corrected chi connectivity index (χ0v) is 68.1. The maximum absolute atomic E-state index is 2.58. The molecule has 0 unspecified atom stereocenters. The lowest BCUT2D eigenvalue weighted by molar-refractivity contribution is 1.20. The van der Waals surface area contributed by atoms with Crippen molar-refractivity contribution in [2.45, 2.75) is 0 Å². The molecule has 0 saturated carbocycles. The van der Waals surface area contributed by atoms with Crippen molar-refractivity contribution in [3.63, 3.8) is 0 Å². The highest BCUT2D eigenvalue weighted by Gasteiger charge is 2.46. The van der Waals surface area contributed by atoms with E-state index in [0.29, 0.717) is 0 Å². The van der Waals surface area contributed by atoms with Crippen molar-refractivity contribution < 1.29 is 0 Å². The van der Waals surface area contributed by atoms with Gasteiger partial charge in [-0.2, -0.15) is 0 Å². The molecule has 0 spiro atoms. The predicted molar refractivity (Wildman–Crippen MR) is 523 cm³/mol. The lowest BCUT2D eigenvalue weighted by Gasteiger charge is -2.46. The molecule has 0 N–H and O–H groups in total. The summed E-state index contributed by atoms with van der Waals surface area (Å²) in [6.07, 6.45) is 0. The first-order valence-corrected chi connectivity index (χ1v) is 42.3. The molecule has 2 aliphatic heterocycles. The normalized spacial score (nSPS) is 11.7. The summed E-state index contributed by atoms with van der Waals surface area (Å²) in [5, 5.41) is 0. The smallest absolute Gasteiger partial charge is 0.252 e. The van der Waals surface area contributed by atoms with Crippen LogP contribution >= 0.6 is 0 Å². The van der Waals surface area contributed by atoms with Crippen molar-refractivity contribution in [3.8, 4) is 0 Å². The molecule has 19 aromatic rings. The Kier molecular flexibility index (Phi) is 20.4. The molecule has 0 atom stereocenters. The molecule has 0 radical (unpaired) electrons. The highest BCUT2D eigenvalue weighted by Crippen LogP contribution is 2.54. The minimum atomic E-state index is -0.428. The van der Waals surface area contributed by atoms with Crippen molar-refractivity contribution in [1.29, 1.82) is 0 Å². The quantitative estimate of drug-likeness (QED) is 0.0581. The van der Waals surface area contributed by atoms with E-state index < -0.39 is 6.71 Å². The minimum Gasteiger partial charge on any atom is -0.311 e. The summed E-state index contributed by atoms with van der Waals surface area (Å²) in [6.45, 7) is -0.428. The molecule has 10 heteroatoms. The zero-order valence-electron chi connectivity index (χ0n) is 68.1. The molecule has 21 rings (SSSR count). The Morgan fingerprint density at radius 3 is 0.565 bits per heavy atom. The van der Waals surface area contributed by atoms with Crippen LogP contribution in [0.5, 0.6) is 0 Å². The van der Waals surface area contributed by atoms with E-state index >= 15 is 0 Å². The van der Waals surface area contributed by atoms with Crippen LogP contribution in [0.15, 0.2) is 510 Å². The van der Waals surface area contributed by atoms with Gasteiger partial charge < -0.3 is 44.1 Å². The molecular weight excluding hydrogens is 1510 g/mol. The monoisotopic (exact) mass is 1590 g/mol. The number of fused-ring (bicyclic) bond motifs is 4. The van der Waals surface area contributed by atoms with E-state index in [1.54, 1.807) is 0 Å². The molecule has 588 valence electrons. The van der Waals surface area contributed by atoms with E-state index in [2.05, 4.69) is 554 Å². The van der Waals surface area contributed by atoms with E-state index in [4.69, 9.17) is 0 Å². The zero-order chi connectivity index (χ0) is 82.5. The number of hydrogen-bond donors (Lipinski definition) is 0. The van der Waals surface area contributed by atoms with Crippen LogP contribution in [0.25, 0.3) is 0 Å². The fourth-order valence-electron chi connectivity index (χ4n) is 18.0. The SMILES string of the molecule is c1ccc(N(c2ccccc2)c2ccc(N(c3ccc(N(c4ccccc4)c4ccccc4)cc3)c3ccc4c5c3N(c3ccc(N(c6ccccc6)c6ccccc6)cc3)c3ccc(N(c6ccccc6)c6ccccc6)cc3B5c3cc(N(c5ccccc5)c5ccccc5)ccc3N4c3ccc(N(c4ccccc4)c4ccccc4)cc3)cc2)cc1. The molecule has 0 bridgehead atoms. The topological polar surface area (TPSA) is 29.2 Å². The van der Waals surface area contributed by atoms with Crippen LogP contribution in [0.3, 0.4) is 0 Å². The standard InChI is InChI=1S/C114H84BN9/c1-13-37-85(38-14-1)116(86-39-15-2-16-40-86)97-61-69-101(70-62-97)122(102-71-63-98(64-72-102)117(87-41-17-3-18-42-87)88-43-19-4-20-44-88)112-82-81-111-113-114(112)124(104-75-67-100(68-76-104)119(91-49-25-7-26-50-91)92-51-27-8-28-52-92)110-80-78-106(121(95-57-33-11-34-58-95)96-59-35-12-36-60-96)84-108(110)115(113)107-83-105(120(93-53-29-9-30-54-93)94-55-31-10-32-56-94)77-79-109(107)123(111)103-73-65-99(66-74-103)118(89-45-21-5-22-46-89)90-47-23-6-24-48-90/h1-84H. The number of para-hydroxylation sites is 12. The molecule has 2 aliphatic rings. The molecule has 0 aromatic heterocycles. The predicted octanol–water partition coefficient (Wildman–Crippen LogP) is 30.1. The third kappa shape index (κ3) is 14.4. The van der Waals surface area contributed by atoms with Gasteiger partial charge in [0.05, 0.1) is 11.4 Å². The number of rotatable bonds is 23. The van der Waals surface area contributed by atoms with Crippen LogP contribution in [-0.4, -0.2) is 6.71 Å². The summed E-state index contributed by atoms with van der Waals surface area (Å²) >= 11 is 0. The van der Waals surface area contributed by atoms with Crippen LogP contribution < -0.4 is 60.5 Å². The van der Waals surface area contributed by atoms with Gasteiger partial charge in [-0.3, -0.25) is 0 Å². The maximum atomic E-state index is 2.58. The summed E-state index contributed by atoms with van der Waals surface area (Å²) in [4.78, 5) is 21.8. The fourth-order valence-corrected chi connectivity index (χ4v) is 18.0. The summed E-state index contributed by atoms with van der Waals surface area (Å²) in [7, 11) is 0. The van der Waals surface area contributed by atoms with Crippen molar-refractivity contribution in [2.75, 3.05) is 44.1 Å². The largest absolute Gasteiger partial charge is 0.311 e. The highest BCUT2D eigenvalue weighted by molar-refractivity contribution is 7.00. The van der Waals surface area contributed by atoms with Gasteiger partial charge >= 0.3 is 0 Å². The molecule has 0 amide bonds. The van der Waals surface area contributed by atoms with Gasteiger partial charge in [0.15, 0.2) is 0 Å². The molecule has 9 nitrogen and oxygen atoms in total. The summed E-state index contributed by atoms with van der Waals surface area (Å²) < 4.78 is 0. The Labute approximate surface area is 725 Å². The second-order valence-corrected chi connectivity index (χ2v) is 30.9. The van der Waals surface area contributed by atoms with Gasteiger partial charge in [0.1, 0.15) is 0 Å². The van der Waals surface area contributed by atoms with Gasteiger partial charge in [-0.1, -0.05) is 218 Å². The molecule has 0 aliphatic carbocycles. The number of nitrogens with zero attached hydrogens (tertiary/aromatic N) is 9. The van der Waals surface area contributed by atoms with E-state index in [0.717, 1.165) is 170 Å². The van der Waals surface area contributed by atoms with Crippen molar-refractivity contribution >= 4 is 177 Å². The van der Waals surface area contributed by atoms with Crippen molar-refractivity contribution in [3.05, 3.63) is 510 Å². The first kappa shape index (κ1) is 75.0. The summed E-state index contributed by atoms with van der Waals surface area (Å²) in [6, 6.07) is 185. The Hall–Kier alpha value is -16.6. The molecule has 2 heterocycles. The number of benzene rings is 19. The number of anilines is 27. The van der Waals surface area contributed by atoms with E-state index in [9.17, 15) is 0 Å². The van der Waals surface area contributed by atoms with Crippen molar-refractivity contribution in [2.24, 2.45) is 0 Å². The molecule has 0 saturated heterocycles. The summed E-state index contributed by atoms with van der Waals surface area (Å²) in [5.74, 6) is 0. The van der Waals surface area contributed by atoms with Gasteiger partial charge in [-0.15, -0.1) is 0 Å². The molecule has 0 fully saturated rings. The molecule has 19 aromatic carbocycles. The van der Waals surface area contributed by atoms with Crippen LogP contribution in [-0.2, 0) is 0 Å². The Morgan fingerprint density at radius 2 is 0.323 bits per heavy atom. The average molecular weight is 1590 g/mol. The van der Waals surface area contributed by atoms with Crippen LogP contribution in [0, 0.1) is 0 Å². The second kappa shape index (κ2) is 33.7. The fraction of sp³-hybridized carbons (Fsp3) is 0. The van der Waals surface area contributed by atoms with Gasteiger partial charge in [0, 0.05) is 142 Å². The van der Waals surface area contributed by atoms with E-state index in [1.807, 2.05) is 0 Å². The Morgan fingerprint density at radius 1 is 0.145 bits per heavy atom.